The van der Waals surface area contributed by atoms with E-state index < -0.39 is 33.7 Å². The van der Waals surface area contributed by atoms with E-state index in [1.54, 1.807) is 24.3 Å². The second kappa shape index (κ2) is 10.8. The number of hydrogen-bond donors (Lipinski definition) is 1. The molecular formula is C26H23ClFN3O5S. The number of sulfonamides is 1. The summed E-state index contributed by atoms with van der Waals surface area (Å²) in [6.07, 6.45) is -0.132. The average Bonchev–Trinajstić information content (AvgIpc) is 3.13. The van der Waals surface area contributed by atoms with Crippen LogP contribution in [0.4, 0.5) is 15.8 Å². The molecule has 192 valence electrons. The summed E-state index contributed by atoms with van der Waals surface area (Å²) < 4.78 is 41.9. The van der Waals surface area contributed by atoms with Crippen molar-refractivity contribution in [3.05, 3.63) is 89.2 Å². The second-order valence-corrected chi connectivity index (χ2v) is 10.8. The van der Waals surface area contributed by atoms with Gasteiger partial charge in [-0.2, -0.15) is 4.31 Å². The van der Waals surface area contributed by atoms with Crippen molar-refractivity contribution in [3.63, 3.8) is 0 Å². The third-order valence-electron chi connectivity index (χ3n) is 5.85. The summed E-state index contributed by atoms with van der Waals surface area (Å²) in [5.41, 5.74) is 1.32. The minimum atomic E-state index is -4.25. The van der Waals surface area contributed by atoms with Gasteiger partial charge in [0.1, 0.15) is 11.9 Å². The molecule has 0 saturated carbocycles. The number of nitrogens with one attached hydrogen (secondary N) is 1. The van der Waals surface area contributed by atoms with Gasteiger partial charge >= 0.3 is 0 Å². The molecule has 8 nitrogen and oxygen atoms in total. The van der Waals surface area contributed by atoms with Crippen molar-refractivity contribution < 1.29 is 27.2 Å². The Kier molecular flexibility index (Phi) is 7.72. The van der Waals surface area contributed by atoms with Gasteiger partial charge in [0.2, 0.25) is 21.8 Å². The molecule has 1 atom stereocenters. The molecule has 1 N–H and O–H groups in total. The van der Waals surface area contributed by atoms with Crippen LogP contribution < -0.4 is 10.2 Å². The molecule has 4 rings (SSSR count). The largest absolute Gasteiger partial charge is 0.326 e. The van der Waals surface area contributed by atoms with E-state index in [2.05, 4.69) is 5.32 Å². The number of nitrogens with zero attached hydrogens (tertiary/aromatic N) is 2. The lowest BCUT2D eigenvalue weighted by molar-refractivity contribution is -0.122. The Morgan fingerprint density at radius 2 is 1.76 bits per heavy atom. The van der Waals surface area contributed by atoms with Crippen LogP contribution in [0.2, 0.25) is 5.02 Å². The Bertz CT molecular complexity index is 1450. The molecule has 0 aromatic heterocycles. The minimum Gasteiger partial charge on any atom is -0.326 e. The molecule has 0 radical (unpaired) electrons. The Morgan fingerprint density at radius 1 is 1.08 bits per heavy atom. The van der Waals surface area contributed by atoms with E-state index in [0.717, 1.165) is 26.9 Å². The molecular weight excluding hydrogens is 521 g/mol. The van der Waals surface area contributed by atoms with E-state index in [1.165, 1.54) is 43.3 Å². The molecule has 0 aliphatic carbocycles. The SMILES string of the molecule is CC(=O)Nc1ccc(S(=O)(=O)N(CCc2cccc(Cl)c2)C2CC(=O)N(c3ccc(F)cc3)C2=O)cc1. The first-order valence-corrected chi connectivity index (χ1v) is 13.1. The molecule has 11 heteroatoms. The van der Waals surface area contributed by atoms with E-state index in [9.17, 15) is 27.2 Å². The van der Waals surface area contributed by atoms with Crippen LogP contribution in [0.15, 0.2) is 77.7 Å². The Labute approximate surface area is 218 Å². The number of amides is 3. The fourth-order valence-corrected chi connectivity index (χ4v) is 5.92. The monoisotopic (exact) mass is 543 g/mol. The molecule has 1 aliphatic heterocycles. The fraction of sp³-hybridized carbons (Fsp3) is 0.192. The predicted molar refractivity (Wildman–Crippen MR) is 137 cm³/mol. The summed E-state index contributed by atoms with van der Waals surface area (Å²) >= 11 is 6.07. The lowest BCUT2D eigenvalue weighted by Gasteiger charge is -2.27. The number of anilines is 2. The number of benzene rings is 3. The first-order chi connectivity index (χ1) is 17.6. The van der Waals surface area contributed by atoms with Gasteiger partial charge in [0, 0.05) is 24.2 Å². The van der Waals surface area contributed by atoms with Crippen LogP contribution in [-0.2, 0) is 30.8 Å². The summed E-state index contributed by atoms with van der Waals surface area (Å²) in [6, 6.07) is 16.0. The van der Waals surface area contributed by atoms with Gasteiger partial charge in [0.15, 0.2) is 0 Å². The lowest BCUT2D eigenvalue weighted by Crippen LogP contribution is -2.46. The molecule has 1 unspecified atom stereocenters. The smallest absolute Gasteiger partial charge is 0.252 e. The highest BCUT2D eigenvalue weighted by Gasteiger charge is 2.46. The van der Waals surface area contributed by atoms with Gasteiger partial charge < -0.3 is 5.32 Å². The highest BCUT2D eigenvalue weighted by Crippen LogP contribution is 2.30. The summed E-state index contributed by atoms with van der Waals surface area (Å²) in [5, 5.41) is 3.05. The highest BCUT2D eigenvalue weighted by molar-refractivity contribution is 7.89. The van der Waals surface area contributed by atoms with Crippen molar-refractivity contribution in [2.24, 2.45) is 0 Å². The second-order valence-electron chi connectivity index (χ2n) is 8.46. The minimum absolute atomic E-state index is 0.100. The Hall–Kier alpha value is -3.60. The van der Waals surface area contributed by atoms with Crippen LogP contribution in [-0.4, -0.2) is 43.0 Å². The van der Waals surface area contributed by atoms with Crippen molar-refractivity contribution in [2.45, 2.75) is 30.7 Å². The summed E-state index contributed by atoms with van der Waals surface area (Å²) in [6.45, 7) is 1.23. The van der Waals surface area contributed by atoms with E-state index in [-0.39, 0.29) is 35.9 Å². The molecule has 1 aliphatic rings. The number of halogens is 2. The molecule has 1 saturated heterocycles. The van der Waals surface area contributed by atoms with Gasteiger partial charge in [-0.1, -0.05) is 23.7 Å². The van der Waals surface area contributed by atoms with Gasteiger partial charge in [-0.15, -0.1) is 0 Å². The molecule has 0 bridgehead atoms. The number of hydrogen-bond acceptors (Lipinski definition) is 5. The summed E-state index contributed by atoms with van der Waals surface area (Å²) in [7, 11) is -4.25. The van der Waals surface area contributed by atoms with Crippen LogP contribution in [0.25, 0.3) is 0 Å². The van der Waals surface area contributed by atoms with Gasteiger partial charge in [-0.25, -0.2) is 17.7 Å². The molecule has 1 heterocycles. The third kappa shape index (κ3) is 5.87. The zero-order chi connectivity index (χ0) is 26.7. The van der Waals surface area contributed by atoms with Gasteiger partial charge in [-0.05, 0) is 72.6 Å². The maximum absolute atomic E-state index is 13.8. The van der Waals surface area contributed by atoms with Crippen molar-refractivity contribution >= 4 is 50.7 Å². The van der Waals surface area contributed by atoms with Crippen LogP contribution >= 0.6 is 11.6 Å². The predicted octanol–water partition coefficient (Wildman–Crippen LogP) is 4.00. The maximum Gasteiger partial charge on any atom is 0.252 e. The van der Waals surface area contributed by atoms with Gasteiger partial charge in [0.05, 0.1) is 17.0 Å². The van der Waals surface area contributed by atoms with E-state index in [0.29, 0.717) is 10.7 Å². The van der Waals surface area contributed by atoms with E-state index in [1.807, 2.05) is 0 Å². The number of carbonyl (C=O) groups is 3. The molecule has 0 spiro atoms. The van der Waals surface area contributed by atoms with Crippen LogP contribution in [0.3, 0.4) is 0 Å². The fourth-order valence-electron chi connectivity index (χ4n) is 4.13. The molecule has 3 aromatic rings. The first kappa shape index (κ1) is 26.5. The van der Waals surface area contributed by atoms with Crippen molar-refractivity contribution in [1.29, 1.82) is 0 Å². The maximum atomic E-state index is 13.8. The van der Waals surface area contributed by atoms with E-state index in [4.69, 9.17) is 11.6 Å². The first-order valence-electron chi connectivity index (χ1n) is 11.3. The van der Waals surface area contributed by atoms with Crippen molar-refractivity contribution in [1.82, 2.24) is 4.31 Å². The zero-order valence-corrected chi connectivity index (χ0v) is 21.3. The number of rotatable bonds is 8. The third-order valence-corrected chi connectivity index (χ3v) is 8.00. The van der Waals surface area contributed by atoms with Crippen molar-refractivity contribution in [2.75, 3.05) is 16.8 Å². The molecule has 3 amide bonds. The zero-order valence-electron chi connectivity index (χ0n) is 19.7. The quantitative estimate of drug-likeness (QED) is 0.432. The topological polar surface area (TPSA) is 104 Å². The Balaban J connectivity index is 1.68. The number of carbonyl (C=O) groups excluding carboxylic acids is 3. The summed E-state index contributed by atoms with van der Waals surface area (Å²) in [5.74, 6) is -2.16. The highest BCUT2D eigenvalue weighted by atomic mass is 35.5. The van der Waals surface area contributed by atoms with Crippen LogP contribution in [0, 0.1) is 5.82 Å². The Morgan fingerprint density at radius 3 is 2.38 bits per heavy atom. The van der Waals surface area contributed by atoms with Gasteiger partial charge in [0.25, 0.3) is 5.91 Å². The molecule has 3 aromatic carbocycles. The number of imide groups is 1. The van der Waals surface area contributed by atoms with E-state index >= 15 is 0 Å². The molecule has 1 fully saturated rings. The van der Waals surface area contributed by atoms with Crippen LogP contribution in [0.1, 0.15) is 18.9 Å². The normalized spacial score (nSPS) is 15.9. The molecule has 37 heavy (non-hydrogen) atoms. The standard InChI is InChI=1S/C26H23ClFN3O5S/c1-17(32)29-21-7-11-23(12-8-21)37(35,36)30(14-13-18-3-2-4-19(27)15-18)24-16-25(33)31(26(24)34)22-9-5-20(28)6-10-22/h2-12,15,24H,13-14,16H2,1H3,(H,29,32). The van der Waals surface area contributed by atoms with Crippen LogP contribution in [0.5, 0.6) is 0 Å². The lowest BCUT2D eigenvalue weighted by atomic mass is 10.1. The summed E-state index contributed by atoms with van der Waals surface area (Å²) in [4.78, 5) is 38.3. The average molecular weight is 544 g/mol. The van der Waals surface area contributed by atoms with Gasteiger partial charge in [-0.3, -0.25) is 14.4 Å². The van der Waals surface area contributed by atoms with Crippen molar-refractivity contribution in [3.8, 4) is 0 Å².